The van der Waals surface area contributed by atoms with Gasteiger partial charge in [0, 0.05) is 18.8 Å². The van der Waals surface area contributed by atoms with E-state index in [-0.39, 0.29) is 12.5 Å². The third-order valence-corrected chi connectivity index (χ3v) is 6.90. The van der Waals surface area contributed by atoms with Crippen molar-refractivity contribution >= 4 is 28.2 Å². The molecule has 0 spiro atoms. The zero-order chi connectivity index (χ0) is 27.4. The zero-order valence-corrected chi connectivity index (χ0v) is 21.6. The molecule has 186 valence electrons. The molecule has 3 aromatic carbocycles. The Morgan fingerprint density at radius 3 is 2.58 bits per heavy atom. The number of benzene rings is 3. The van der Waals surface area contributed by atoms with E-state index in [9.17, 15) is 11.9 Å². The molecule has 2 heterocycles. The lowest BCUT2D eigenvalue weighted by molar-refractivity contribution is 0.750. The number of allylic oxidation sites excluding steroid dienone is 1. The molecule has 1 N–H and O–H groups in total. The van der Waals surface area contributed by atoms with Gasteiger partial charge in [-0.2, -0.15) is 20.8 Å². The van der Waals surface area contributed by atoms with Crippen molar-refractivity contribution in [2.45, 2.75) is 31.7 Å². The van der Waals surface area contributed by atoms with Crippen LogP contribution in [-0.4, -0.2) is 11.5 Å². The van der Waals surface area contributed by atoms with E-state index >= 15 is 0 Å². The molecule has 0 saturated heterocycles. The molecule has 5 rings (SSSR count). The lowest BCUT2D eigenvalue weighted by Gasteiger charge is -2.22. The number of rotatable bonds is 8. The molecule has 0 unspecified atom stereocenters. The molecule has 0 radical (unpaired) electrons. The summed E-state index contributed by atoms with van der Waals surface area (Å²) in [5.74, 6) is -1.30. The standard InChI is InChI=1S/C31H25ClN6/c1-2-28(22-8-4-3-5-9-22)37-30-24(18-34)19-35-31-26(30)15-21(16-27(31)32)14-25(29-11-12-36-38-29)23-10-6-7-20(13-23)17-33/h3-11,13,15-16,19,25,28H,2,12,14H2,1H3,(H,35,37)/t25-,28-/m1/s1/i25D. The highest BCUT2D eigenvalue weighted by molar-refractivity contribution is 6.35. The van der Waals surface area contributed by atoms with E-state index in [0.29, 0.717) is 50.5 Å². The summed E-state index contributed by atoms with van der Waals surface area (Å²) in [4.78, 5) is 4.49. The third-order valence-electron chi connectivity index (χ3n) is 6.61. The van der Waals surface area contributed by atoms with E-state index in [2.05, 4.69) is 51.7 Å². The molecule has 2 atom stereocenters. The van der Waals surface area contributed by atoms with Gasteiger partial charge in [0.25, 0.3) is 0 Å². The number of aromatic nitrogens is 1. The fraction of sp³-hybridized carbons (Fsp3) is 0.194. The number of halogens is 1. The summed E-state index contributed by atoms with van der Waals surface area (Å²) in [7, 11) is 0. The van der Waals surface area contributed by atoms with Crippen molar-refractivity contribution in [1.82, 2.24) is 4.98 Å². The summed E-state index contributed by atoms with van der Waals surface area (Å²) in [5.41, 5.74) is 5.16. The van der Waals surface area contributed by atoms with E-state index < -0.39 is 5.89 Å². The second-order valence-corrected chi connectivity index (χ2v) is 9.42. The number of nitrogens with one attached hydrogen (secondary N) is 1. The van der Waals surface area contributed by atoms with Crippen LogP contribution >= 0.6 is 11.6 Å². The highest BCUT2D eigenvalue weighted by Gasteiger charge is 2.22. The Kier molecular flexibility index (Phi) is 7.06. The summed E-state index contributed by atoms with van der Waals surface area (Å²) < 4.78 is 9.58. The van der Waals surface area contributed by atoms with Gasteiger partial charge in [0.05, 0.1) is 51.7 Å². The molecule has 38 heavy (non-hydrogen) atoms. The van der Waals surface area contributed by atoms with Gasteiger partial charge in [-0.05, 0) is 59.9 Å². The maximum Gasteiger partial charge on any atom is 0.103 e. The topological polar surface area (TPSA) is 97.2 Å². The molecule has 1 aromatic heterocycles. The van der Waals surface area contributed by atoms with E-state index in [1.165, 1.54) is 0 Å². The Bertz CT molecular complexity index is 1690. The fourth-order valence-electron chi connectivity index (χ4n) is 4.73. The van der Waals surface area contributed by atoms with Gasteiger partial charge < -0.3 is 5.32 Å². The first-order valence-corrected chi connectivity index (χ1v) is 12.8. The Morgan fingerprint density at radius 1 is 1.05 bits per heavy atom. The Morgan fingerprint density at radius 2 is 1.87 bits per heavy atom. The predicted molar refractivity (Wildman–Crippen MR) is 150 cm³/mol. The summed E-state index contributed by atoms with van der Waals surface area (Å²) in [5, 5.41) is 32.5. The van der Waals surface area contributed by atoms with Gasteiger partial charge in [-0.25, -0.2) is 0 Å². The number of hydrogen-bond acceptors (Lipinski definition) is 6. The van der Waals surface area contributed by atoms with Crippen LogP contribution in [0.25, 0.3) is 10.9 Å². The van der Waals surface area contributed by atoms with Crippen LogP contribution in [-0.2, 0) is 6.42 Å². The maximum absolute atomic E-state index is 9.95. The van der Waals surface area contributed by atoms with Crippen molar-refractivity contribution in [3.63, 3.8) is 0 Å². The molecule has 7 heteroatoms. The smallest absolute Gasteiger partial charge is 0.103 e. The minimum absolute atomic E-state index is 0.0284. The van der Waals surface area contributed by atoms with Crippen molar-refractivity contribution in [2.75, 3.05) is 11.9 Å². The van der Waals surface area contributed by atoms with Crippen LogP contribution in [0.5, 0.6) is 0 Å². The van der Waals surface area contributed by atoms with Crippen LogP contribution in [0.1, 0.15) is 54.5 Å². The van der Waals surface area contributed by atoms with Crippen LogP contribution in [0.4, 0.5) is 5.69 Å². The summed E-state index contributed by atoms with van der Waals surface area (Å²) >= 11 is 6.77. The third kappa shape index (κ3) is 5.13. The molecule has 1 aliphatic rings. The first-order valence-electron chi connectivity index (χ1n) is 12.9. The van der Waals surface area contributed by atoms with Crippen molar-refractivity contribution in [1.29, 1.82) is 10.5 Å². The Labute approximate surface area is 228 Å². The van der Waals surface area contributed by atoms with Crippen LogP contribution in [0.2, 0.25) is 5.02 Å². The predicted octanol–water partition coefficient (Wildman–Crippen LogP) is 7.87. The number of nitriles is 2. The molecule has 0 aliphatic carbocycles. The molecule has 4 aromatic rings. The minimum atomic E-state index is -1.30. The second kappa shape index (κ2) is 11.3. The van der Waals surface area contributed by atoms with Crippen molar-refractivity contribution in [3.8, 4) is 12.1 Å². The van der Waals surface area contributed by atoms with Gasteiger partial charge >= 0.3 is 0 Å². The normalized spacial score (nSPS) is 15.2. The molecular weight excluding hydrogens is 492 g/mol. The maximum atomic E-state index is 9.95. The van der Waals surface area contributed by atoms with Gasteiger partial charge in [0.15, 0.2) is 0 Å². The van der Waals surface area contributed by atoms with Gasteiger partial charge in [0.1, 0.15) is 6.07 Å². The highest BCUT2D eigenvalue weighted by atomic mass is 35.5. The summed E-state index contributed by atoms with van der Waals surface area (Å²) in [6.07, 6.45) is 4.41. The van der Waals surface area contributed by atoms with Crippen LogP contribution < -0.4 is 5.32 Å². The number of anilines is 1. The summed E-state index contributed by atoms with van der Waals surface area (Å²) in [6.45, 7) is 2.50. The van der Waals surface area contributed by atoms with Crippen LogP contribution in [0.3, 0.4) is 0 Å². The minimum Gasteiger partial charge on any atom is -0.377 e. The van der Waals surface area contributed by atoms with Crippen LogP contribution in [0.15, 0.2) is 94.9 Å². The first-order chi connectivity index (χ1) is 19.0. The van der Waals surface area contributed by atoms with Crippen molar-refractivity contribution in [2.24, 2.45) is 10.2 Å². The van der Waals surface area contributed by atoms with E-state index in [4.69, 9.17) is 11.6 Å². The summed E-state index contributed by atoms with van der Waals surface area (Å²) in [6, 6.07) is 25.3. The van der Waals surface area contributed by atoms with Crippen molar-refractivity contribution in [3.05, 3.63) is 118 Å². The van der Waals surface area contributed by atoms with Crippen molar-refractivity contribution < 1.29 is 1.37 Å². The molecule has 0 amide bonds. The van der Waals surface area contributed by atoms with Gasteiger partial charge in [-0.15, -0.1) is 0 Å². The van der Waals surface area contributed by atoms with Gasteiger partial charge in [0.2, 0.25) is 0 Å². The number of hydrogen-bond donors (Lipinski definition) is 1. The van der Waals surface area contributed by atoms with Crippen LogP contribution in [0, 0.1) is 22.7 Å². The number of pyridine rings is 1. The average Bonchev–Trinajstić information content (AvgIpc) is 3.52. The second-order valence-electron chi connectivity index (χ2n) is 9.01. The lowest BCUT2D eigenvalue weighted by Crippen LogP contribution is -2.12. The Balaban J connectivity index is 1.63. The molecular formula is C31H25ClN6. The first kappa shape index (κ1) is 23.9. The molecule has 6 nitrogen and oxygen atoms in total. The average molecular weight is 518 g/mol. The monoisotopic (exact) mass is 517 g/mol. The molecule has 1 aliphatic heterocycles. The molecule has 0 fully saturated rings. The number of azo groups is 1. The zero-order valence-electron chi connectivity index (χ0n) is 21.8. The molecule has 0 bridgehead atoms. The van der Waals surface area contributed by atoms with E-state index in [1.807, 2.05) is 42.5 Å². The van der Waals surface area contributed by atoms with Gasteiger partial charge in [-0.1, -0.05) is 61.0 Å². The largest absolute Gasteiger partial charge is 0.377 e. The van der Waals surface area contributed by atoms with E-state index in [0.717, 1.165) is 17.5 Å². The Hall–Kier alpha value is -4.52. The van der Waals surface area contributed by atoms with Gasteiger partial charge in [-0.3, -0.25) is 4.98 Å². The fourth-order valence-corrected chi connectivity index (χ4v) is 5.02. The SMILES string of the molecule is [2H][C@](Cc1cc(Cl)c2ncc(C#N)c(N[C@H](CC)c3ccccc3)c2c1)(C1=CCN=N1)c1cccc(C#N)c1. The highest BCUT2D eigenvalue weighted by Crippen LogP contribution is 2.37. The molecule has 0 saturated carbocycles. The number of nitrogens with zero attached hydrogens (tertiary/aromatic N) is 5. The number of fused-ring (bicyclic) bond motifs is 1. The lowest BCUT2D eigenvalue weighted by atomic mass is 9.88. The quantitative estimate of drug-likeness (QED) is 0.257. The van der Waals surface area contributed by atoms with E-state index in [1.54, 1.807) is 24.4 Å².